The number of aliphatic hydroxyl groups excluding tert-OH is 2. The van der Waals surface area contributed by atoms with Crippen LogP contribution in [-0.2, 0) is 9.16 Å². The van der Waals surface area contributed by atoms with E-state index in [9.17, 15) is 10.2 Å². The van der Waals surface area contributed by atoms with Crippen molar-refractivity contribution in [2.75, 3.05) is 0 Å². The van der Waals surface area contributed by atoms with E-state index in [1.807, 2.05) is 6.92 Å². The second kappa shape index (κ2) is 4.38. The summed E-state index contributed by atoms with van der Waals surface area (Å²) in [6.45, 7) is 12.5. The molecular formula is C11H24O4Si. The maximum atomic E-state index is 9.78. The lowest BCUT2D eigenvalue weighted by Crippen LogP contribution is -2.48. The standard InChI is InChI=1S/C11H24O4Si/c1-7-9(8(12)10(13)14-7)15-16(5,6)11(2,3)4/h7-10,12-13H,1-6H3/t7-,8+,9?,10-/m0/s1. The Labute approximate surface area is 98.7 Å². The first-order chi connectivity index (χ1) is 7.06. The van der Waals surface area contributed by atoms with Crippen molar-refractivity contribution in [3.8, 4) is 0 Å². The predicted molar refractivity (Wildman–Crippen MR) is 64.6 cm³/mol. The van der Waals surface area contributed by atoms with Crippen LogP contribution in [0.25, 0.3) is 0 Å². The Kier molecular flexibility index (Phi) is 3.87. The van der Waals surface area contributed by atoms with Gasteiger partial charge in [0, 0.05) is 0 Å². The van der Waals surface area contributed by atoms with Crippen molar-refractivity contribution < 1.29 is 19.4 Å². The van der Waals surface area contributed by atoms with Gasteiger partial charge in [0.05, 0.1) is 6.10 Å². The third-order valence-electron chi connectivity index (χ3n) is 3.68. The van der Waals surface area contributed by atoms with E-state index in [1.54, 1.807) is 0 Å². The monoisotopic (exact) mass is 248 g/mol. The number of hydrogen-bond donors (Lipinski definition) is 2. The van der Waals surface area contributed by atoms with Crippen molar-refractivity contribution in [1.29, 1.82) is 0 Å². The molecule has 1 fully saturated rings. The normalized spacial score (nSPS) is 36.8. The van der Waals surface area contributed by atoms with Gasteiger partial charge in [-0.05, 0) is 25.1 Å². The van der Waals surface area contributed by atoms with Crippen molar-refractivity contribution in [3.63, 3.8) is 0 Å². The SMILES string of the molecule is C[C@@H]1O[C@H](O)[C@H](O)C1O[Si](C)(C)C(C)(C)C. The average Bonchev–Trinajstić information content (AvgIpc) is 2.30. The summed E-state index contributed by atoms with van der Waals surface area (Å²) in [5.41, 5.74) is 0. The van der Waals surface area contributed by atoms with Gasteiger partial charge >= 0.3 is 0 Å². The van der Waals surface area contributed by atoms with Crippen LogP contribution < -0.4 is 0 Å². The highest BCUT2D eigenvalue weighted by Crippen LogP contribution is 2.39. The molecule has 1 saturated heterocycles. The molecule has 0 aromatic rings. The lowest BCUT2D eigenvalue weighted by atomic mass is 10.2. The Morgan fingerprint density at radius 2 is 1.69 bits per heavy atom. The van der Waals surface area contributed by atoms with Gasteiger partial charge in [0.15, 0.2) is 14.6 Å². The third kappa shape index (κ3) is 2.65. The predicted octanol–water partition coefficient (Wildman–Crippen LogP) is 1.47. The van der Waals surface area contributed by atoms with E-state index in [-0.39, 0.29) is 11.1 Å². The second-order valence-electron chi connectivity index (χ2n) is 6.07. The van der Waals surface area contributed by atoms with Crippen LogP contribution >= 0.6 is 0 Å². The smallest absolute Gasteiger partial charge is 0.192 e. The molecule has 0 aliphatic carbocycles. The van der Waals surface area contributed by atoms with Gasteiger partial charge in [-0.3, -0.25) is 0 Å². The Hall–Kier alpha value is 0.0569. The minimum atomic E-state index is -1.93. The highest BCUT2D eigenvalue weighted by atomic mass is 28.4. The summed E-state index contributed by atoms with van der Waals surface area (Å²) in [6, 6.07) is 0. The van der Waals surface area contributed by atoms with Gasteiger partial charge in [-0.25, -0.2) is 0 Å². The van der Waals surface area contributed by atoms with Crippen LogP contribution in [0.2, 0.25) is 18.1 Å². The fourth-order valence-corrected chi connectivity index (χ4v) is 2.87. The van der Waals surface area contributed by atoms with Crippen LogP contribution in [0, 0.1) is 0 Å². The Balaban J connectivity index is 2.74. The van der Waals surface area contributed by atoms with Gasteiger partial charge in [0.25, 0.3) is 0 Å². The maximum Gasteiger partial charge on any atom is 0.192 e. The molecular weight excluding hydrogens is 224 g/mol. The fourth-order valence-electron chi connectivity index (χ4n) is 1.50. The molecule has 16 heavy (non-hydrogen) atoms. The fraction of sp³-hybridized carbons (Fsp3) is 1.00. The van der Waals surface area contributed by atoms with E-state index >= 15 is 0 Å². The molecule has 0 bridgehead atoms. The van der Waals surface area contributed by atoms with Gasteiger partial charge in [-0.1, -0.05) is 20.8 Å². The van der Waals surface area contributed by atoms with Gasteiger partial charge in [0.2, 0.25) is 0 Å². The molecule has 5 heteroatoms. The quantitative estimate of drug-likeness (QED) is 0.727. The van der Waals surface area contributed by atoms with E-state index in [1.165, 1.54) is 0 Å². The molecule has 0 amide bonds. The highest BCUT2D eigenvalue weighted by Gasteiger charge is 2.47. The molecule has 4 nitrogen and oxygen atoms in total. The summed E-state index contributed by atoms with van der Waals surface area (Å²) in [6.07, 6.45) is -2.75. The molecule has 1 unspecified atom stereocenters. The number of rotatable bonds is 2. The van der Waals surface area contributed by atoms with Crippen LogP contribution in [0.4, 0.5) is 0 Å². The molecule has 0 saturated carbocycles. The van der Waals surface area contributed by atoms with Gasteiger partial charge in [0.1, 0.15) is 12.2 Å². The lowest BCUT2D eigenvalue weighted by molar-refractivity contribution is -0.124. The minimum Gasteiger partial charge on any atom is -0.408 e. The number of hydrogen-bond acceptors (Lipinski definition) is 4. The Morgan fingerprint density at radius 3 is 2.00 bits per heavy atom. The average molecular weight is 248 g/mol. The van der Waals surface area contributed by atoms with E-state index in [2.05, 4.69) is 33.9 Å². The molecule has 0 aromatic heterocycles. The summed E-state index contributed by atoms with van der Waals surface area (Å²) in [5.74, 6) is 0. The molecule has 1 heterocycles. The summed E-state index contributed by atoms with van der Waals surface area (Å²) >= 11 is 0. The second-order valence-corrected chi connectivity index (χ2v) is 10.8. The minimum absolute atomic E-state index is 0.0833. The van der Waals surface area contributed by atoms with Crippen molar-refractivity contribution in [3.05, 3.63) is 0 Å². The zero-order valence-corrected chi connectivity index (χ0v) is 12.0. The van der Waals surface area contributed by atoms with Crippen molar-refractivity contribution >= 4 is 8.32 Å². The maximum absolute atomic E-state index is 9.78. The van der Waals surface area contributed by atoms with Crippen molar-refractivity contribution in [2.24, 2.45) is 0 Å². The van der Waals surface area contributed by atoms with Crippen molar-refractivity contribution in [1.82, 2.24) is 0 Å². The topological polar surface area (TPSA) is 58.9 Å². The third-order valence-corrected chi connectivity index (χ3v) is 8.16. The zero-order valence-electron chi connectivity index (χ0n) is 11.0. The van der Waals surface area contributed by atoms with E-state index in [0.29, 0.717) is 0 Å². The highest BCUT2D eigenvalue weighted by molar-refractivity contribution is 6.74. The largest absolute Gasteiger partial charge is 0.408 e. The molecule has 1 aliphatic rings. The van der Waals surface area contributed by atoms with Crippen LogP contribution in [0.3, 0.4) is 0 Å². The summed E-state index contributed by atoms with van der Waals surface area (Å²) in [7, 11) is -1.93. The molecule has 0 radical (unpaired) electrons. The number of aliphatic hydroxyl groups is 2. The van der Waals surface area contributed by atoms with E-state index < -0.39 is 26.8 Å². The van der Waals surface area contributed by atoms with Gasteiger partial charge in [-0.15, -0.1) is 0 Å². The molecule has 4 atom stereocenters. The summed E-state index contributed by atoms with van der Waals surface area (Å²) in [5, 5.41) is 19.3. The number of ether oxygens (including phenoxy) is 1. The van der Waals surface area contributed by atoms with Crippen LogP contribution in [0.5, 0.6) is 0 Å². The molecule has 1 rings (SSSR count). The Morgan fingerprint density at radius 1 is 1.19 bits per heavy atom. The molecule has 0 aromatic carbocycles. The molecule has 2 N–H and O–H groups in total. The first-order valence-corrected chi connectivity index (χ1v) is 8.66. The molecule has 1 aliphatic heterocycles. The van der Waals surface area contributed by atoms with Gasteiger partial charge < -0.3 is 19.4 Å². The van der Waals surface area contributed by atoms with E-state index in [0.717, 1.165) is 0 Å². The lowest BCUT2D eigenvalue weighted by Gasteiger charge is -2.39. The van der Waals surface area contributed by atoms with Crippen LogP contribution in [0.15, 0.2) is 0 Å². The first-order valence-electron chi connectivity index (χ1n) is 5.75. The molecule has 96 valence electrons. The van der Waals surface area contributed by atoms with Gasteiger partial charge in [-0.2, -0.15) is 0 Å². The molecule has 0 spiro atoms. The van der Waals surface area contributed by atoms with E-state index in [4.69, 9.17) is 9.16 Å². The van der Waals surface area contributed by atoms with Crippen LogP contribution in [0.1, 0.15) is 27.7 Å². The van der Waals surface area contributed by atoms with Crippen LogP contribution in [-0.4, -0.2) is 43.1 Å². The summed E-state index contributed by atoms with van der Waals surface area (Å²) < 4.78 is 11.2. The zero-order chi connectivity index (χ0) is 12.7. The van der Waals surface area contributed by atoms with Crippen molar-refractivity contribution in [2.45, 2.75) is 70.4 Å². The first kappa shape index (κ1) is 14.1. The summed E-state index contributed by atoms with van der Waals surface area (Å²) in [4.78, 5) is 0. The Bertz CT molecular complexity index is 249.